The smallest absolute Gasteiger partial charge is 0.339 e. The van der Waals surface area contributed by atoms with Crippen molar-refractivity contribution in [1.29, 1.82) is 0 Å². The zero-order chi connectivity index (χ0) is 18.8. The summed E-state index contributed by atoms with van der Waals surface area (Å²) in [5.74, 6) is -0.958. The summed E-state index contributed by atoms with van der Waals surface area (Å²) in [4.78, 5) is 28.8. The molecule has 2 amide bonds. The number of rotatable bonds is 3. The van der Waals surface area contributed by atoms with E-state index in [1.165, 1.54) is 26.0 Å². The quantitative estimate of drug-likeness (QED) is 0.846. The van der Waals surface area contributed by atoms with Crippen molar-refractivity contribution in [2.75, 3.05) is 38.5 Å². The zero-order valence-corrected chi connectivity index (χ0v) is 14.5. The Morgan fingerprint density at radius 2 is 1.68 bits per heavy atom. The molecule has 138 valence electrons. The van der Waals surface area contributed by atoms with Gasteiger partial charge in [0.15, 0.2) is 0 Å². The number of halogens is 3. The van der Waals surface area contributed by atoms with E-state index in [4.69, 9.17) is 0 Å². The average Bonchev–Trinajstić information content (AvgIpc) is 2.54. The second-order valence-corrected chi connectivity index (χ2v) is 6.75. The molecule has 0 spiro atoms. The lowest BCUT2D eigenvalue weighted by Crippen LogP contribution is -2.53. The van der Waals surface area contributed by atoms with Crippen LogP contribution in [0.1, 0.15) is 19.4 Å². The summed E-state index contributed by atoms with van der Waals surface area (Å²) in [5.41, 5.74) is -2.21. The topological polar surface area (TPSA) is 52.7 Å². The number of amides is 2. The first kappa shape index (κ1) is 19.2. The molecule has 1 fully saturated rings. The zero-order valence-electron chi connectivity index (χ0n) is 14.5. The highest BCUT2D eigenvalue weighted by atomic mass is 19.4. The van der Waals surface area contributed by atoms with Crippen molar-refractivity contribution in [3.8, 4) is 0 Å². The summed E-state index contributed by atoms with van der Waals surface area (Å²) in [7, 11) is 1.95. The predicted molar refractivity (Wildman–Crippen MR) is 87.9 cm³/mol. The van der Waals surface area contributed by atoms with E-state index in [9.17, 15) is 22.8 Å². The van der Waals surface area contributed by atoms with Crippen LogP contribution in [-0.4, -0.2) is 54.8 Å². The Bertz CT molecular complexity index is 651. The number of benzene rings is 1. The van der Waals surface area contributed by atoms with E-state index in [2.05, 4.69) is 10.2 Å². The molecule has 1 heterocycles. The Balaban J connectivity index is 2.09. The fourth-order valence-electron chi connectivity index (χ4n) is 2.56. The molecule has 0 aliphatic carbocycles. The Morgan fingerprint density at radius 1 is 1.08 bits per heavy atom. The Hall–Kier alpha value is -2.09. The predicted octanol–water partition coefficient (Wildman–Crippen LogP) is 2.44. The average molecular weight is 357 g/mol. The van der Waals surface area contributed by atoms with Crippen molar-refractivity contribution in [3.63, 3.8) is 0 Å². The third-order valence-electron chi connectivity index (χ3n) is 4.34. The lowest BCUT2D eigenvalue weighted by Gasteiger charge is -2.36. The van der Waals surface area contributed by atoms with Gasteiger partial charge in [0, 0.05) is 31.9 Å². The van der Waals surface area contributed by atoms with Crippen LogP contribution in [0.4, 0.5) is 18.9 Å². The summed E-state index contributed by atoms with van der Waals surface area (Å²) < 4.78 is 38.3. The largest absolute Gasteiger partial charge is 0.416 e. The number of likely N-dealkylation sites (N-methyl/N-ethyl adjacent to an activating group) is 1. The normalized spacial score (nSPS) is 16.6. The van der Waals surface area contributed by atoms with Crippen LogP contribution in [0, 0.1) is 5.41 Å². The number of nitrogens with one attached hydrogen (secondary N) is 1. The SMILES string of the molecule is CN1CCN(C(=O)C(C)(C)C(=O)Nc2cccc(C(F)(F)F)c2)CC1. The fraction of sp³-hybridized carbons (Fsp3) is 0.529. The van der Waals surface area contributed by atoms with Crippen molar-refractivity contribution in [2.24, 2.45) is 5.41 Å². The summed E-state index contributed by atoms with van der Waals surface area (Å²) in [6.45, 7) is 5.45. The van der Waals surface area contributed by atoms with Crippen molar-refractivity contribution < 1.29 is 22.8 Å². The van der Waals surface area contributed by atoms with Gasteiger partial charge in [-0.05, 0) is 39.1 Å². The molecule has 0 radical (unpaired) electrons. The van der Waals surface area contributed by atoms with E-state index in [0.29, 0.717) is 13.1 Å². The number of carbonyl (C=O) groups excluding carboxylic acids is 2. The number of hydrogen-bond acceptors (Lipinski definition) is 3. The van der Waals surface area contributed by atoms with E-state index < -0.39 is 23.1 Å². The van der Waals surface area contributed by atoms with E-state index in [1.54, 1.807) is 4.90 Å². The van der Waals surface area contributed by atoms with Gasteiger partial charge in [0.2, 0.25) is 11.8 Å². The minimum atomic E-state index is -4.49. The van der Waals surface area contributed by atoms with E-state index in [1.807, 2.05) is 7.05 Å². The molecule has 0 unspecified atom stereocenters. The standard InChI is InChI=1S/C17H22F3N3O2/c1-16(2,15(25)23-9-7-22(3)8-10-23)14(24)21-13-6-4-5-12(11-13)17(18,19)20/h4-6,11H,7-10H2,1-3H3,(H,21,24). The maximum Gasteiger partial charge on any atom is 0.416 e. The minimum Gasteiger partial charge on any atom is -0.339 e. The highest BCUT2D eigenvalue weighted by Gasteiger charge is 2.40. The van der Waals surface area contributed by atoms with Gasteiger partial charge in [-0.1, -0.05) is 6.07 Å². The molecule has 8 heteroatoms. The van der Waals surface area contributed by atoms with Gasteiger partial charge in [0.1, 0.15) is 5.41 Å². The molecule has 5 nitrogen and oxygen atoms in total. The van der Waals surface area contributed by atoms with Gasteiger partial charge < -0.3 is 15.1 Å². The van der Waals surface area contributed by atoms with Gasteiger partial charge in [-0.3, -0.25) is 9.59 Å². The lowest BCUT2D eigenvalue weighted by molar-refractivity contribution is -0.147. The van der Waals surface area contributed by atoms with Crippen molar-refractivity contribution >= 4 is 17.5 Å². The van der Waals surface area contributed by atoms with E-state index >= 15 is 0 Å². The van der Waals surface area contributed by atoms with Crippen LogP contribution < -0.4 is 5.32 Å². The van der Waals surface area contributed by atoms with Crippen molar-refractivity contribution in [3.05, 3.63) is 29.8 Å². The van der Waals surface area contributed by atoms with Gasteiger partial charge in [0.25, 0.3) is 0 Å². The van der Waals surface area contributed by atoms with Gasteiger partial charge in [0.05, 0.1) is 5.56 Å². The first-order valence-corrected chi connectivity index (χ1v) is 7.98. The summed E-state index contributed by atoms with van der Waals surface area (Å²) >= 11 is 0. The van der Waals surface area contributed by atoms with Gasteiger partial charge in [-0.15, -0.1) is 0 Å². The molecule has 0 saturated carbocycles. The Labute approximate surface area is 144 Å². The van der Waals surface area contributed by atoms with Crippen LogP contribution in [0.3, 0.4) is 0 Å². The molecular weight excluding hydrogens is 335 g/mol. The van der Waals surface area contributed by atoms with E-state index in [0.717, 1.165) is 25.2 Å². The molecule has 0 atom stereocenters. The molecule has 1 saturated heterocycles. The third-order valence-corrected chi connectivity index (χ3v) is 4.34. The molecule has 1 aliphatic heterocycles. The third kappa shape index (κ3) is 4.50. The maximum atomic E-state index is 12.8. The van der Waals surface area contributed by atoms with Crippen LogP contribution in [0.2, 0.25) is 0 Å². The number of anilines is 1. The van der Waals surface area contributed by atoms with Crippen molar-refractivity contribution in [2.45, 2.75) is 20.0 Å². The Morgan fingerprint density at radius 3 is 2.24 bits per heavy atom. The molecule has 1 N–H and O–H groups in total. The van der Waals surface area contributed by atoms with Crippen molar-refractivity contribution in [1.82, 2.24) is 9.80 Å². The Kier molecular flexibility index (Phi) is 5.41. The lowest BCUT2D eigenvalue weighted by atomic mass is 9.89. The number of nitrogens with zero attached hydrogens (tertiary/aromatic N) is 2. The minimum absolute atomic E-state index is 0.0130. The molecule has 25 heavy (non-hydrogen) atoms. The van der Waals surface area contributed by atoms with Gasteiger partial charge >= 0.3 is 6.18 Å². The van der Waals surface area contributed by atoms with Crippen LogP contribution in [-0.2, 0) is 15.8 Å². The van der Waals surface area contributed by atoms with E-state index in [-0.39, 0.29) is 11.6 Å². The molecular formula is C17H22F3N3O2. The number of alkyl halides is 3. The second kappa shape index (κ2) is 7.03. The second-order valence-electron chi connectivity index (χ2n) is 6.75. The molecule has 0 bridgehead atoms. The summed E-state index contributed by atoms with van der Waals surface area (Å²) in [6, 6.07) is 4.36. The molecule has 2 rings (SSSR count). The molecule has 1 aliphatic rings. The fourth-order valence-corrected chi connectivity index (χ4v) is 2.56. The molecule has 1 aromatic carbocycles. The maximum absolute atomic E-state index is 12.8. The summed E-state index contributed by atoms with van der Waals surface area (Å²) in [5, 5.41) is 2.43. The number of piperazine rings is 1. The van der Waals surface area contributed by atoms with Gasteiger partial charge in [-0.2, -0.15) is 13.2 Å². The van der Waals surface area contributed by atoms with Crippen LogP contribution >= 0.6 is 0 Å². The van der Waals surface area contributed by atoms with Crippen LogP contribution in [0.5, 0.6) is 0 Å². The van der Waals surface area contributed by atoms with Crippen LogP contribution in [0.15, 0.2) is 24.3 Å². The first-order valence-electron chi connectivity index (χ1n) is 7.98. The number of carbonyl (C=O) groups is 2. The summed E-state index contributed by atoms with van der Waals surface area (Å²) in [6.07, 6.45) is -4.49. The highest BCUT2D eigenvalue weighted by molar-refractivity contribution is 6.09. The first-order chi connectivity index (χ1) is 11.5. The van der Waals surface area contributed by atoms with Gasteiger partial charge in [-0.25, -0.2) is 0 Å². The molecule has 0 aromatic heterocycles. The number of hydrogen-bond donors (Lipinski definition) is 1. The molecule has 1 aromatic rings. The monoisotopic (exact) mass is 357 g/mol. The van der Waals surface area contributed by atoms with Crippen LogP contribution in [0.25, 0.3) is 0 Å². The highest BCUT2D eigenvalue weighted by Crippen LogP contribution is 2.31.